The molecule has 1 amide bonds. The molecule has 15 heavy (non-hydrogen) atoms. The van der Waals surface area contributed by atoms with Crippen molar-refractivity contribution < 1.29 is 14.6 Å². The van der Waals surface area contributed by atoms with Crippen molar-refractivity contribution >= 4 is 5.91 Å². The molecule has 1 N–H and O–H groups in total. The molecule has 0 rings (SSSR count). The van der Waals surface area contributed by atoms with Gasteiger partial charge in [-0.05, 0) is 27.2 Å². The van der Waals surface area contributed by atoms with Gasteiger partial charge in [0.25, 0.3) is 0 Å². The number of amides is 1. The number of hydrogen-bond donors (Lipinski definition) is 1. The van der Waals surface area contributed by atoms with Gasteiger partial charge in [-0.2, -0.15) is 0 Å². The smallest absolute Gasteiger partial charge is 0.222 e. The number of hydrogen-bond acceptors (Lipinski definition) is 3. The van der Waals surface area contributed by atoms with Crippen LogP contribution >= 0.6 is 0 Å². The van der Waals surface area contributed by atoms with Crippen LogP contribution in [0.25, 0.3) is 0 Å². The van der Waals surface area contributed by atoms with Gasteiger partial charge in [-0.15, -0.1) is 0 Å². The Bertz CT molecular complexity index is 187. The minimum atomic E-state index is -0.826. The van der Waals surface area contributed by atoms with Crippen molar-refractivity contribution in [3.05, 3.63) is 0 Å². The van der Waals surface area contributed by atoms with Crippen molar-refractivity contribution in [2.75, 3.05) is 26.8 Å². The number of aliphatic hydroxyl groups is 1. The summed E-state index contributed by atoms with van der Waals surface area (Å²) >= 11 is 0. The third-order valence-corrected chi connectivity index (χ3v) is 2.05. The SMILES string of the molecule is CCN(CC(C)(C)O)C(=O)CCCOC. The standard InChI is InChI=1S/C11H23NO3/c1-5-12(9-11(2,3)14)10(13)7-6-8-15-4/h14H,5-9H2,1-4H3. The molecule has 0 fully saturated rings. The fourth-order valence-electron chi connectivity index (χ4n) is 1.37. The van der Waals surface area contributed by atoms with Crippen molar-refractivity contribution in [2.24, 2.45) is 0 Å². The summed E-state index contributed by atoms with van der Waals surface area (Å²) in [5.74, 6) is 0.0803. The van der Waals surface area contributed by atoms with E-state index < -0.39 is 5.60 Å². The van der Waals surface area contributed by atoms with Crippen molar-refractivity contribution in [3.8, 4) is 0 Å². The van der Waals surface area contributed by atoms with E-state index in [4.69, 9.17) is 4.74 Å². The summed E-state index contributed by atoms with van der Waals surface area (Å²) in [5.41, 5.74) is -0.826. The second kappa shape index (κ2) is 6.80. The Balaban J connectivity index is 4.00. The van der Waals surface area contributed by atoms with E-state index in [-0.39, 0.29) is 5.91 Å². The highest BCUT2D eigenvalue weighted by atomic mass is 16.5. The van der Waals surface area contributed by atoms with Crippen molar-refractivity contribution in [1.29, 1.82) is 0 Å². The molecule has 0 spiro atoms. The van der Waals surface area contributed by atoms with Gasteiger partial charge in [0.15, 0.2) is 0 Å². The van der Waals surface area contributed by atoms with E-state index in [0.717, 1.165) is 6.42 Å². The van der Waals surface area contributed by atoms with Crippen molar-refractivity contribution in [2.45, 2.75) is 39.2 Å². The molecule has 4 heteroatoms. The molecule has 0 aromatic rings. The highest BCUT2D eigenvalue weighted by molar-refractivity contribution is 5.76. The van der Waals surface area contributed by atoms with Gasteiger partial charge in [-0.3, -0.25) is 4.79 Å². The van der Waals surface area contributed by atoms with Crippen LogP contribution in [0.1, 0.15) is 33.6 Å². The number of carbonyl (C=O) groups is 1. The van der Waals surface area contributed by atoms with Gasteiger partial charge in [-0.25, -0.2) is 0 Å². The molecule has 0 bridgehead atoms. The molecule has 0 atom stereocenters. The monoisotopic (exact) mass is 217 g/mol. The van der Waals surface area contributed by atoms with Crippen LogP contribution < -0.4 is 0 Å². The van der Waals surface area contributed by atoms with Crippen LogP contribution in [0.15, 0.2) is 0 Å². The maximum absolute atomic E-state index is 11.7. The van der Waals surface area contributed by atoms with E-state index in [9.17, 15) is 9.90 Å². The first-order chi connectivity index (χ1) is 6.90. The van der Waals surface area contributed by atoms with E-state index in [1.54, 1.807) is 25.9 Å². The van der Waals surface area contributed by atoms with Gasteiger partial charge in [0.1, 0.15) is 0 Å². The fraction of sp³-hybridized carbons (Fsp3) is 0.909. The molecule has 0 aliphatic heterocycles. The molecule has 0 saturated heterocycles. The quantitative estimate of drug-likeness (QED) is 0.648. The number of likely N-dealkylation sites (N-methyl/N-ethyl adjacent to an activating group) is 1. The lowest BCUT2D eigenvalue weighted by molar-refractivity contribution is -0.134. The Kier molecular flexibility index (Phi) is 6.52. The van der Waals surface area contributed by atoms with E-state index in [2.05, 4.69) is 0 Å². The van der Waals surface area contributed by atoms with Crippen LogP contribution in [0, 0.1) is 0 Å². The summed E-state index contributed by atoms with van der Waals surface area (Å²) in [7, 11) is 1.62. The largest absolute Gasteiger partial charge is 0.389 e. The van der Waals surface area contributed by atoms with E-state index in [0.29, 0.717) is 26.1 Å². The zero-order valence-corrected chi connectivity index (χ0v) is 10.2. The summed E-state index contributed by atoms with van der Waals surface area (Å²) in [6, 6.07) is 0. The lowest BCUT2D eigenvalue weighted by Gasteiger charge is -2.28. The van der Waals surface area contributed by atoms with E-state index in [1.807, 2.05) is 6.92 Å². The minimum Gasteiger partial charge on any atom is -0.389 e. The summed E-state index contributed by atoms with van der Waals surface area (Å²) in [6.45, 7) is 6.95. The predicted molar refractivity (Wildman–Crippen MR) is 59.7 cm³/mol. The van der Waals surface area contributed by atoms with Crippen LogP contribution in [-0.4, -0.2) is 48.3 Å². The molecule has 4 nitrogen and oxygen atoms in total. The van der Waals surface area contributed by atoms with E-state index >= 15 is 0 Å². The first-order valence-electron chi connectivity index (χ1n) is 5.39. The normalized spacial score (nSPS) is 11.5. The molecule has 90 valence electrons. The molecule has 0 aromatic heterocycles. The lowest BCUT2D eigenvalue weighted by atomic mass is 10.1. The Morgan fingerprint density at radius 1 is 1.47 bits per heavy atom. The zero-order valence-electron chi connectivity index (χ0n) is 10.2. The van der Waals surface area contributed by atoms with Crippen LogP contribution in [-0.2, 0) is 9.53 Å². The molecule has 0 aromatic carbocycles. The Morgan fingerprint density at radius 3 is 2.47 bits per heavy atom. The topological polar surface area (TPSA) is 49.8 Å². The summed E-state index contributed by atoms with van der Waals surface area (Å²) in [5, 5.41) is 9.62. The lowest BCUT2D eigenvalue weighted by Crippen LogP contribution is -2.42. The first-order valence-corrected chi connectivity index (χ1v) is 5.39. The Morgan fingerprint density at radius 2 is 2.07 bits per heavy atom. The van der Waals surface area contributed by atoms with Crippen LogP contribution in [0.3, 0.4) is 0 Å². The van der Waals surface area contributed by atoms with Crippen molar-refractivity contribution in [1.82, 2.24) is 4.90 Å². The number of nitrogens with zero attached hydrogens (tertiary/aromatic N) is 1. The van der Waals surface area contributed by atoms with Crippen LogP contribution in [0.4, 0.5) is 0 Å². The molecule has 0 aliphatic rings. The first kappa shape index (κ1) is 14.4. The average molecular weight is 217 g/mol. The van der Waals surface area contributed by atoms with Crippen molar-refractivity contribution in [3.63, 3.8) is 0 Å². The van der Waals surface area contributed by atoms with Gasteiger partial charge in [0.2, 0.25) is 5.91 Å². The molecule has 0 heterocycles. The Hall–Kier alpha value is -0.610. The van der Waals surface area contributed by atoms with Gasteiger partial charge in [-0.1, -0.05) is 0 Å². The van der Waals surface area contributed by atoms with Gasteiger partial charge < -0.3 is 14.7 Å². The molecule has 0 saturated carbocycles. The Labute approximate surface area is 92.2 Å². The van der Waals surface area contributed by atoms with Crippen LogP contribution in [0.2, 0.25) is 0 Å². The second-order valence-electron chi connectivity index (χ2n) is 4.32. The minimum absolute atomic E-state index is 0.0803. The summed E-state index contributed by atoms with van der Waals surface area (Å²) in [4.78, 5) is 13.4. The fourth-order valence-corrected chi connectivity index (χ4v) is 1.37. The number of rotatable bonds is 7. The maximum Gasteiger partial charge on any atom is 0.222 e. The maximum atomic E-state index is 11.7. The summed E-state index contributed by atoms with van der Waals surface area (Å²) in [6.07, 6.45) is 1.22. The molecule has 0 unspecified atom stereocenters. The van der Waals surface area contributed by atoms with E-state index in [1.165, 1.54) is 0 Å². The van der Waals surface area contributed by atoms with Gasteiger partial charge >= 0.3 is 0 Å². The molecule has 0 aliphatic carbocycles. The summed E-state index contributed by atoms with van der Waals surface area (Å²) < 4.78 is 4.89. The predicted octanol–water partition coefficient (Wildman–Crippen LogP) is 1.03. The highest BCUT2D eigenvalue weighted by Gasteiger charge is 2.20. The number of methoxy groups -OCH3 is 1. The average Bonchev–Trinajstić information content (AvgIpc) is 2.13. The molecular formula is C11H23NO3. The zero-order chi connectivity index (χ0) is 11.9. The van der Waals surface area contributed by atoms with Crippen LogP contribution in [0.5, 0.6) is 0 Å². The number of carbonyl (C=O) groups excluding carboxylic acids is 1. The molecular weight excluding hydrogens is 194 g/mol. The molecule has 0 radical (unpaired) electrons. The highest BCUT2D eigenvalue weighted by Crippen LogP contribution is 2.07. The second-order valence-corrected chi connectivity index (χ2v) is 4.32. The number of ether oxygens (including phenoxy) is 1. The van der Waals surface area contributed by atoms with Gasteiger partial charge in [0.05, 0.1) is 5.60 Å². The van der Waals surface area contributed by atoms with Gasteiger partial charge in [0, 0.05) is 33.2 Å². The third kappa shape index (κ3) is 7.33. The third-order valence-electron chi connectivity index (χ3n) is 2.05.